The van der Waals surface area contributed by atoms with Crippen LogP contribution in [0.2, 0.25) is 0 Å². The summed E-state index contributed by atoms with van der Waals surface area (Å²) in [5.74, 6) is -1.52. The second kappa shape index (κ2) is 5.81. The number of hydrogen-bond acceptors (Lipinski definition) is 4. The minimum Gasteiger partial charge on any atom is -0.478 e. The molecule has 2 aromatic rings. The lowest BCUT2D eigenvalue weighted by atomic mass is 10.2. The van der Waals surface area contributed by atoms with Crippen LogP contribution in [0.1, 0.15) is 20.0 Å². The number of rotatable bonds is 3. The van der Waals surface area contributed by atoms with E-state index in [2.05, 4.69) is 42.2 Å². The SMILES string of the molecule is O=C(Nc1ncccc1C(=O)O)c1cc(Br)c(Br)s1. The maximum absolute atomic E-state index is 12.0. The van der Waals surface area contributed by atoms with E-state index in [-0.39, 0.29) is 11.4 Å². The Morgan fingerprint density at radius 2 is 2.11 bits per heavy atom. The summed E-state index contributed by atoms with van der Waals surface area (Å²) in [7, 11) is 0. The van der Waals surface area contributed by atoms with Crippen molar-refractivity contribution in [2.75, 3.05) is 5.32 Å². The summed E-state index contributed by atoms with van der Waals surface area (Å²) in [6.07, 6.45) is 1.42. The summed E-state index contributed by atoms with van der Waals surface area (Å²) in [6.45, 7) is 0. The van der Waals surface area contributed by atoms with Crippen molar-refractivity contribution >= 4 is 60.9 Å². The molecule has 19 heavy (non-hydrogen) atoms. The van der Waals surface area contributed by atoms with Gasteiger partial charge in [0.1, 0.15) is 11.4 Å². The van der Waals surface area contributed by atoms with Gasteiger partial charge in [-0.2, -0.15) is 0 Å². The normalized spacial score (nSPS) is 10.2. The summed E-state index contributed by atoms with van der Waals surface area (Å²) in [5.41, 5.74) is -0.0504. The zero-order valence-corrected chi connectivity index (χ0v) is 13.2. The van der Waals surface area contributed by atoms with E-state index in [4.69, 9.17) is 5.11 Å². The fourth-order valence-electron chi connectivity index (χ4n) is 1.31. The molecule has 0 bridgehead atoms. The van der Waals surface area contributed by atoms with Crippen molar-refractivity contribution < 1.29 is 14.7 Å². The lowest BCUT2D eigenvalue weighted by Gasteiger charge is -2.05. The van der Waals surface area contributed by atoms with Crippen molar-refractivity contribution in [1.29, 1.82) is 0 Å². The Morgan fingerprint density at radius 1 is 1.37 bits per heavy atom. The smallest absolute Gasteiger partial charge is 0.339 e. The molecule has 0 unspecified atom stereocenters. The monoisotopic (exact) mass is 404 g/mol. The third-order valence-electron chi connectivity index (χ3n) is 2.14. The summed E-state index contributed by atoms with van der Waals surface area (Å²) in [6, 6.07) is 4.52. The average Bonchev–Trinajstić information content (AvgIpc) is 2.70. The maximum Gasteiger partial charge on any atom is 0.339 e. The fraction of sp³-hybridized carbons (Fsp3) is 0. The van der Waals surface area contributed by atoms with Crippen LogP contribution in [0.4, 0.5) is 5.82 Å². The van der Waals surface area contributed by atoms with Gasteiger partial charge in [0.25, 0.3) is 5.91 Å². The van der Waals surface area contributed by atoms with E-state index in [1.54, 1.807) is 6.07 Å². The molecule has 1 amide bonds. The highest BCUT2D eigenvalue weighted by Crippen LogP contribution is 2.32. The van der Waals surface area contributed by atoms with E-state index < -0.39 is 11.9 Å². The van der Waals surface area contributed by atoms with Crippen molar-refractivity contribution in [2.24, 2.45) is 0 Å². The molecule has 0 spiro atoms. The lowest BCUT2D eigenvalue weighted by molar-refractivity contribution is 0.0697. The first-order valence-corrected chi connectivity index (χ1v) is 7.34. The Kier molecular flexibility index (Phi) is 4.33. The number of aromatic nitrogens is 1. The number of amides is 1. The Balaban J connectivity index is 2.26. The number of carbonyl (C=O) groups is 2. The molecule has 0 saturated heterocycles. The number of pyridine rings is 1. The number of aromatic carboxylic acids is 1. The van der Waals surface area contributed by atoms with Crippen LogP contribution >= 0.6 is 43.2 Å². The third kappa shape index (κ3) is 3.20. The van der Waals surface area contributed by atoms with Crippen LogP contribution in [-0.4, -0.2) is 22.0 Å². The predicted molar refractivity (Wildman–Crippen MR) is 78.9 cm³/mol. The molecule has 0 saturated carbocycles. The van der Waals surface area contributed by atoms with Gasteiger partial charge in [-0.1, -0.05) is 0 Å². The minimum atomic E-state index is -1.14. The van der Waals surface area contributed by atoms with Crippen molar-refractivity contribution in [3.63, 3.8) is 0 Å². The number of carboxylic acid groups (broad SMARTS) is 1. The van der Waals surface area contributed by atoms with Crippen LogP contribution in [0.3, 0.4) is 0 Å². The van der Waals surface area contributed by atoms with E-state index in [9.17, 15) is 9.59 Å². The molecule has 2 aromatic heterocycles. The summed E-state index contributed by atoms with van der Waals surface area (Å²) >= 11 is 7.81. The molecule has 0 fully saturated rings. The van der Waals surface area contributed by atoms with Crippen molar-refractivity contribution in [3.05, 3.63) is 43.1 Å². The molecule has 0 aromatic carbocycles. The van der Waals surface area contributed by atoms with Crippen LogP contribution in [-0.2, 0) is 0 Å². The highest BCUT2D eigenvalue weighted by Gasteiger charge is 2.16. The molecule has 2 rings (SSSR count). The highest BCUT2D eigenvalue weighted by atomic mass is 79.9. The Hall–Kier alpha value is -1.25. The van der Waals surface area contributed by atoms with Gasteiger partial charge < -0.3 is 10.4 Å². The molecule has 2 heterocycles. The number of carboxylic acids is 1. The minimum absolute atomic E-state index is 0.0284. The van der Waals surface area contributed by atoms with Crippen LogP contribution in [0.25, 0.3) is 0 Å². The Morgan fingerprint density at radius 3 is 2.68 bits per heavy atom. The van der Waals surface area contributed by atoms with Crippen molar-refractivity contribution in [3.8, 4) is 0 Å². The van der Waals surface area contributed by atoms with E-state index in [0.717, 1.165) is 8.26 Å². The molecule has 0 radical (unpaired) electrons. The molecular weight excluding hydrogens is 400 g/mol. The molecule has 8 heteroatoms. The average molecular weight is 406 g/mol. The van der Waals surface area contributed by atoms with Crippen molar-refractivity contribution in [1.82, 2.24) is 4.98 Å². The van der Waals surface area contributed by atoms with Gasteiger partial charge in [0, 0.05) is 10.7 Å². The Bertz CT molecular complexity index is 638. The largest absolute Gasteiger partial charge is 0.478 e. The third-order valence-corrected chi connectivity index (χ3v) is 5.39. The molecule has 0 aliphatic heterocycles. The van der Waals surface area contributed by atoms with Gasteiger partial charge in [0.05, 0.1) is 8.66 Å². The maximum atomic E-state index is 12.0. The van der Waals surface area contributed by atoms with E-state index in [1.807, 2.05) is 0 Å². The van der Waals surface area contributed by atoms with Crippen molar-refractivity contribution in [2.45, 2.75) is 0 Å². The number of hydrogen-bond donors (Lipinski definition) is 2. The van der Waals surface area contributed by atoms with Crippen LogP contribution < -0.4 is 5.32 Å². The topological polar surface area (TPSA) is 79.3 Å². The van der Waals surface area contributed by atoms with E-state index in [1.165, 1.54) is 29.7 Å². The molecule has 0 atom stereocenters. The van der Waals surface area contributed by atoms with E-state index >= 15 is 0 Å². The number of nitrogens with one attached hydrogen (secondary N) is 1. The molecule has 2 N–H and O–H groups in total. The quantitative estimate of drug-likeness (QED) is 0.817. The second-order valence-electron chi connectivity index (χ2n) is 3.39. The number of anilines is 1. The first-order valence-electron chi connectivity index (χ1n) is 4.93. The molecular formula is C11H6Br2N2O3S. The lowest BCUT2D eigenvalue weighted by Crippen LogP contribution is -2.14. The first-order chi connectivity index (χ1) is 8.99. The van der Waals surface area contributed by atoms with Crippen LogP contribution in [0.15, 0.2) is 32.7 Å². The zero-order chi connectivity index (χ0) is 14.0. The summed E-state index contributed by atoms with van der Waals surface area (Å²) in [4.78, 5) is 27.3. The Labute approximate surface area is 128 Å². The van der Waals surface area contributed by atoms with Gasteiger partial charge >= 0.3 is 5.97 Å². The number of thiophene rings is 1. The van der Waals surface area contributed by atoms with Gasteiger partial charge in [-0.05, 0) is 50.1 Å². The van der Waals surface area contributed by atoms with Gasteiger partial charge in [-0.25, -0.2) is 9.78 Å². The number of nitrogens with zero attached hydrogens (tertiary/aromatic N) is 1. The zero-order valence-electron chi connectivity index (χ0n) is 9.18. The molecule has 0 aliphatic carbocycles. The second-order valence-corrected chi connectivity index (χ2v) is 6.62. The standard InChI is InChI=1S/C11H6Br2N2O3S/c12-6-4-7(19-8(6)13)10(16)15-9-5(11(17)18)2-1-3-14-9/h1-4H,(H,17,18)(H,14,15,16). The summed E-state index contributed by atoms with van der Waals surface area (Å²) < 4.78 is 1.55. The van der Waals surface area contributed by atoms with Crippen LogP contribution in [0, 0.1) is 0 Å². The van der Waals surface area contributed by atoms with Gasteiger partial charge in [0.15, 0.2) is 0 Å². The van der Waals surface area contributed by atoms with E-state index in [0.29, 0.717) is 4.88 Å². The molecule has 0 aliphatic rings. The first kappa shape index (κ1) is 14.2. The molecule has 98 valence electrons. The van der Waals surface area contributed by atoms with Gasteiger partial charge in [-0.15, -0.1) is 11.3 Å². The fourth-order valence-corrected chi connectivity index (χ4v) is 3.24. The number of halogens is 2. The highest BCUT2D eigenvalue weighted by molar-refractivity contribution is 9.13. The molecule has 5 nitrogen and oxygen atoms in total. The van der Waals surface area contributed by atoms with Gasteiger partial charge in [0.2, 0.25) is 0 Å². The predicted octanol–water partition coefficient (Wildman–Crippen LogP) is 3.62. The van der Waals surface area contributed by atoms with Crippen LogP contribution in [0.5, 0.6) is 0 Å². The summed E-state index contributed by atoms with van der Waals surface area (Å²) in [5, 5.41) is 11.5. The number of carbonyl (C=O) groups excluding carboxylic acids is 1. The van der Waals surface area contributed by atoms with Gasteiger partial charge in [-0.3, -0.25) is 4.79 Å².